The van der Waals surface area contributed by atoms with Crippen LogP contribution in [0, 0.1) is 11.8 Å². The fourth-order valence-corrected chi connectivity index (χ4v) is 4.89. The second kappa shape index (κ2) is 65.3. The molecular weight excluding hydrogens is 873 g/mol. The molecule has 0 bridgehead atoms. The minimum absolute atomic E-state index is 0. The third kappa shape index (κ3) is 54.5. The summed E-state index contributed by atoms with van der Waals surface area (Å²) in [5, 5.41) is 49.3. The summed E-state index contributed by atoms with van der Waals surface area (Å²) in [6.07, 6.45) is 2.24. The third-order valence-corrected chi connectivity index (χ3v) is 8.83. The molecule has 0 saturated heterocycles. The predicted molar refractivity (Wildman–Crippen MR) is 249 cm³/mol. The zero-order chi connectivity index (χ0) is 47.7. The van der Waals surface area contributed by atoms with Crippen LogP contribution < -0.4 is 76.5 Å². The zero-order valence-corrected chi connectivity index (χ0v) is 43.6. The monoisotopic (exact) mass is 973 g/mol. The Morgan fingerprint density at radius 2 is 0.892 bits per heavy atom. The summed E-state index contributed by atoms with van der Waals surface area (Å²) in [5.74, 6) is 0.330. The molecule has 0 aliphatic carbocycles. The van der Waals surface area contributed by atoms with Crippen molar-refractivity contribution in [2.24, 2.45) is 34.8 Å². The summed E-state index contributed by atoms with van der Waals surface area (Å²) < 4.78 is 58.8. The van der Waals surface area contributed by atoms with Gasteiger partial charge in [-0.05, 0) is 58.5 Å². The summed E-state index contributed by atoms with van der Waals surface area (Å²) in [7, 11) is 1.75. The minimum atomic E-state index is -0.916. The first-order chi connectivity index (χ1) is 30.1. The van der Waals surface area contributed by atoms with E-state index in [0.29, 0.717) is 106 Å². The average Bonchev–Trinajstić information content (AvgIpc) is 3.30. The normalized spacial score (nSPS) is 14.9. The van der Waals surface area contributed by atoms with Gasteiger partial charge in [-0.15, -0.1) is 0 Å². The quantitative estimate of drug-likeness (QED) is 0.0156. The van der Waals surface area contributed by atoms with E-state index in [-0.39, 0.29) is 130 Å². The smallest absolute Gasteiger partial charge is 1.00 e. The molecule has 0 amide bonds. The molecule has 0 heterocycles. The SMILES string of the molecule is CCOC(N)C(CC)COC(COCC(CC)COCCN)COCC(COCC(CC)OCCCN)OCC(CC)OCCCN.CO.C[O-].OCC(O)COCC(O)CO.[AlH3].[H-].[Li+].[Na+]. The van der Waals surface area contributed by atoms with Crippen molar-refractivity contribution in [1.29, 1.82) is 0 Å². The van der Waals surface area contributed by atoms with Crippen LogP contribution in [0.4, 0.5) is 0 Å². The first-order valence-electron chi connectivity index (χ1n) is 22.4. The Balaban J connectivity index is -0.000000255. The molecule has 13 N–H and O–H groups in total. The van der Waals surface area contributed by atoms with Gasteiger partial charge in [-0.25, -0.2) is 0 Å². The number of aliphatic hydroxyl groups is 5. The van der Waals surface area contributed by atoms with Crippen LogP contribution >= 0.6 is 0 Å². The Kier molecular flexibility index (Phi) is 80.8. The van der Waals surface area contributed by atoms with Crippen molar-refractivity contribution in [3.8, 4) is 0 Å². The van der Waals surface area contributed by atoms with Crippen LogP contribution in [0.1, 0.15) is 74.6 Å². The Labute approximate surface area is 439 Å². The molecule has 0 aliphatic heterocycles. The Morgan fingerprint density at radius 1 is 0.492 bits per heavy atom. The van der Waals surface area contributed by atoms with Gasteiger partial charge in [0, 0.05) is 45.3 Å². The molecule has 0 saturated carbocycles. The molecule has 0 radical (unpaired) electrons. The summed E-state index contributed by atoms with van der Waals surface area (Å²) in [4.78, 5) is 0. The van der Waals surface area contributed by atoms with Gasteiger partial charge in [0.05, 0.1) is 105 Å². The van der Waals surface area contributed by atoms with Crippen molar-refractivity contribution in [2.75, 3.05) is 146 Å². The number of rotatable bonds is 43. The molecule has 9 atom stereocenters. The van der Waals surface area contributed by atoms with E-state index >= 15 is 0 Å². The van der Waals surface area contributed by atoms with Crippen molar-refractivity contribution in [2.45, 2.75) is 116 Å². The van der Waals surface area contributed by atoms with Crippen LogP contribution in [0.3, 0.4) is 0 Å². The summed E-state index contributed by atoms with van der Waals surface area (Å²) in [6.45, 7) is 17.4. The largest absolute Gasteiger partial charge is 1.00 e. The van der Waals surface area contributed by atoms with E-state index in [1.807, 2.05) is 6.92 Å². The van der Waals surface area contributed by atoms with Gasteiger partial charge in [0.2, 0.25) is 0 Å². The second-order valence-corrected chi connectivity index (χ2v) is 14.0. The fraction of sp³-hybridized carbons (Fsp3) is 1.00. The fourth-order valence-electron chi connectivity index (χ4n) is 4.89. The molecule has 0 aromatic rings. The molecule has 0 aromatic carbocycles. The van der Waals surface area contributed by atoms with Crippen molar-refractivity contribution in [1.82, 2.24) is 0 Å². The van der Waals surface area contributed by atoms with E-state index in [4.69, 9.17) is 101 Å². The molecule has 23 heteroatoms. The van der Waals surface area contributed by atoms with Gasteiger partial charge in [0.25, 0.3) is 0 Å². The minimum Gasteiger partial charge on any atom is -1.00 e. The standard InChI is InChI=1S/C34H74N4O9.C6H14O5.CH4O.CH3O.Al.Li.Na.4H/c1-6-28(19-39-18-15-37)20-40-23-32(46-21-29(7-2)34(38)43-10-5)24-42-26-33(47-27-31(9-4)45-17-12-14-36)25-41-22-30(8-3)44-16-11-13-35;7-1-5(9)3-11-4-6(10)2-8;2*1-2;;;;;;;/h28-34H,6-27,35-38H2,1-5H3;5-10H,1-4H2;2H,1H3;1H3;;;;;;;/q;;;-1;;2*+1;;;;-1. The first kappa shape index (κ1) is 80.4. The Morgan fingerprint density at radius 3 is 1.28 bits per heavy atom. The molecule has 20 nitrogen and oxygen atoms in total. The molecule has 0 fully saturated rings. The Bertz CT molecular complexity index is 844. The molecule has 9 unspecified atom stereocenters. The van der Waals surface area contributed by atoms with Gasteiger partial charge in [-0.3, -0.25) is 0 Å². The van der Waals surface area contributed by atoms with Gasteiger partial charge >= 0.3 is 48.4 Å². The van der Waals surface area contributed by atoms with Crippen LogP contribution in [0.5, 0.6) is 0 Å². The third-order valence-electron chi connectivity index (χ3n) is 8.83. The van der Waals surface area contributed by atoms with Crippen molar-refractivity contribution < 1.29 is 128 Å². The molecule has 0 aromatic heterocycles. The molecule has 0 spiro atoms. The molecule has 65 heavy (non-hydrogen) atoms. The van der Waals surface area contributed by atoms with Crippen LogP contribution in [0.15, 0.2) is 0 Å². The number of ether oxygens (including phenoxy) is 10. The molecular formula is C42H99AlLiN4NaO16. The second-order valence-electron chi connectivity index (χ2n) is 14.0. The number of hydrogen-bond acceptors (Lipinski definition) is 20. The van der Waals surface area contributed by atoms with Crippen LogP contribution in [-0.4, -0.2) is 232 Å². The van der Waals surface area contributed by atoms with Crippen molar-refractivity contribution >= 4 is 17.4 Å². The van der Waals surface area contributed by atoms with E-state index < -0.39 is 18.4 Å². The van der Waals surface area contributed by atoms with E-state index in [1.54, 1.807) is 0 Å². The van der Waals surface area contributed by atoms with Crippen LogP contribution in [-0.2, 0) is 47.4 Å². The van der Waals surface area contributed by atoms with Crippen molar-refractivity contribution in [3.05, 3.63) is 0 Å². The average molecular weight is 973 g/mol. The Hall–Kier alpha value is 1.33. The summed E-state index contributed by atoms with van der Waals surface area (Å²) >= 11 is 0. The maximum absolute atomic E-state index is 8.72. The van der Waals surface area contributed by atoms with Gasteiger partial charge in [-0.1, -0.05) is 27.7 Å². The maximum atomic E-state index is 8.72. The van der Waals surface area contributed by atoms with E-state index in [0.717, 1.165) is 52.7 Å². The topological polar surface area (TPSA) is 321 Å². The van der Waals surface area contributed by atoms with Gasteiger partial charge < -0.3 is 102 Å². The molecule has 0 aliphatic rings. The van der Waals surface area contributed by atoms with Crippen LogP contribution in [0.2, 0.25) is 0 Å². The van der Waals surface area contributed by atoms with Gasteiger partial charge in [0.15, 0.2) is 17.4 Å². The molecule has 388 valence electrons. The maximum Gasteiger partial charge on any atom is 1.00 e. The van der Waals surface area contributed by atoms with E-state index in [9.17, 15) is 0 Å². The summed E-state index contributed by atoms with van der Waals surface area (Å²) in [5.41, 5.74) is 23.1. The number of hydrogen-bond donors (Lipinski definition) is 9. The molecule has 0 rings (SSSR count). The number of nitrogens with two attached hydrogens (primary N) is 4. The van der Waals surface area contributed by atoms with Gasteiger partial charge in [0.1, 0.15) is 30.6 Å². The van der Waals surface area contributed by atoms with Crippen LogP contribution in [0.25, 0.3) is 0 Å². The van der Waals surface area contributed by atoms with Gasteiger partial charge in [-0.2, -0.15) is 7.11 Å². The predicted octanol–water partition coefficient (Wildman–Crippen LogP) is -8.33. The summed E-state index contributed by atoms with van der Waals surface area (Å²) in [6, 6.07) is 0. The first-order valence-corrected chi connectivity index (χ1v) is 22.4. The van der Waals surface area contributed by atoms with E-state index in [2.05, 4.69) is 27.7 Å². The van der Waals surface area contributed by atoms with Crippen molar-refractivity contribution in [3.63, 3.8) is 0 Å². The van der Waals surface area contributed by atoms with E-state index in [1.165, 1.54) is 0 Å². The zero-order valence-electron chi connectivity index (χ0n) is 42.6. The number of aliphatic hydroxyl groups excluding tert-OH is 5.